The second-order valence-electron chi connectivity index (χ2n) is 4.85. The van der Waals surface area contributed by atoms with Crippen LogP contribution in [-0.2, 0) is 0 Å². The van der Waals surface area contributed by atoms with Gasteiger partial charge < -0.3 is 5.32 Å². The van der Waals surface area contributed by atoms with E-state index in [4.69, 9.17) is 0 Å². The lowest BCUT2D eigenvalue weighted by Gasteiger charge is -2.15. The summed E-state index contributed by atoms with van der Waals surface area (Å²) in [5.41, 5.74) is 3.36. The van der Waals surface area contributed by atoms with Gasteiger partial charge >= 0.3 is 0 Å². The Kier molecular flexibility index (Phi) is 3.79. The van der Waals surface area contributed by atoms with Crippen molar-refractivity contribution >= 4 is 5.95 Å². The Morgan fingerprint density at radius 2 is 1.68 bits per heavy atom. The zero-order chi connectivity index (χ0) is 14.0. The normalized spacial score (nSPS) is 12.3. The van der Waals surface area contributed by atoms with Crippen LogP contribution in [0.1, 0.15) is 35.5 Å². The van der Waals surface area contributed by atoms with Gasteiger partial charge in [-0.25, -0.2) is 14.4 Å². The van der Waals surface area contributed by atoms with E-state index in [0.29, 0.717) is 11.5 Å². The summed E-state index contributed by atoms with van der Waals surface area (Å²) >= 11 is 0. The number of anilines is 1. The zero-order valence-electron chi connectivity index (χ0n) is 11.7. The summed E-state index contributed by atoms with van der Waals surface area (Å²) in [4.78, 5) is 8.65. The van der Waals surface area contributed by atoms with Gasteiger partial charge in [0.2, 0.25) is 5.95 Å². The Hall–Kier alpha value is -1.97. The molecule has 2 rings (SSSR count). The quantitative estimate of drug-likeness (QED) is 0.913. The molecule has 1 aromatic carbocycles. The molecule has 2 aromatic rings. The third kappa shape index (κ3) is 3.28. The van der Waals surface area contributed by atoms with E-state index in [1.165, 1.54) is 0 Å². The van der Waals surface area contributed by atoms with Crippen molar-refractivity contribution in [1.29, 1.82) is 0 Å². The van der Waals surface area contributed by atoms with Crippen LogP contribution in [0.15, 0.2) is 24.3 Å². The molecule has 0 radical (unpaired) electrons. The molecule has 0 saturated heterocycles. The first-order valence-corrected chi connectivity index (χ1v) is 6.30. The third-order valence-corrected chi connectivity index (χ3v) is 3.02. The minimum atomic E-state index is -0.188. The Morgan fingerprint density at radius 1 is 1.05 bits per heavy atom. The second kappa shape index (κ2) is 5.34. The van der Waals surface area contributed by atoms with Crippen molar-refractivity contribution in [2.75, 3.05) is 5.32 Å². The van der Waals surface area contributed by atoms with Crippen LogP contribution in [0.4, 0.5) is 10.3 Å². The molecule has 0 bridgehead atoms. The van der Waals surface area contributed by atoms with Crippen LogP contribution in [0.25, 0.3) is 0 Å². The monoisotopic (exact) mass is 259 g/mol. The highest BCUT2D eigenvalue weighted by molar-refractivity contribution is 5.34. The molecule has 1 heterocycles. The summed E-state index contributed by atoms with van der Waals surface area (Å²) < 4.78 is 13.5. The maximum atomic E-state index is 13.5. The summed E-state index contributed by atoms with van der Waals surface area (Å²) in [5, 5.41) is 3.20. The predicted octanol–water partition coefficient (Wildman–Crippen LogP) is 3.71. The number of benzene rings is 1. The van der Waals surface area contributed by atoms with Gasteiger partial charge in [-0.2, -0.15) is 0 Å². The van der Waals surface area contributed by atoms with E-state index in [-0.39, 0.29) is 11.9 Å². The molecular formula is C15H18FN3. The average Bonchev–Trinajstić information content (AvgIpc) is 2.31. The van der Waals surface area contributed by atoms with Gasteiger partial charge in [-0.15, -0.1) is 0 Å². The largest absolute Gasteiger partial charge is 0.348 e. The van der Waals surface area contributed by atoms with Crippen molar-refractivity contribution in [1.82, 2.24) is 9.97 Å². The summed E-state index contributed by atoms with van der Waals surface area (Å²) in [7, 11) is 0. The van der Waals surface area contributed by atoms with Crippen molar-refractivity contribution in [3.8, 4) is 0 Å². The molecule has 0 spiro atoms. The van der Waals surface area contributed by atoms with Gasteiger partial charge in [0, 0.05) is 11.4 Å². The van der Waals surface area contributed by atoms with Crippen molar-refractivity contribution in [2.45, 2.75) is 33.7 Å². The number of rotatable bonds is 3. The number of halogens is 1. The highest BCUT2D eigenvalue weighted by Crippen LogP contribution is 2.19. The van der Waals surface area contributed by atoms with Gasteiger partial charge in [0.1, 0.15) is 5.82 Å². The Morgan fingerprint density at radius 3 is 2.26 bits per heavy atom. The molecular weight excluding hydrogens is 241 g/mol. The van der Waals surface area contributed by atoms with Crippen LogP contribution in [-0.4, -0.2) is 9.97 Å². The van der Waals surface area contributed by atoms with E-state index >= 15 is 0 Å². The van der Waals surface area contributed by atoms with Crippen LogP contribution in [0, 0.1) is 26.6 Å². The maximum absolute atomic E-state index is 13.5. The van der Waals surface area contributed by atoms with Crippen molar-refractivity contribution < 1.29 is 4.39 Å². The Balaban J connectivity index is 2.20. The third-order valence-electron chi connectivity index (χ3n) is 3.02. The molecule has 0 aliphatic carbocycles. The van der Waals surface area contributed by atoms with Crippen LogP contribution in [0.2, 0.25) is 0 Å². The molecule has 1 unspecified atom stereocenters. The van der Waals surface area contributed by atoms with Crippen LogP contribution in [0.5, 0.6) is 0 Å². The highest BCUT2D eigenvalue weighted by atomic mass is 19.1. The number of hydrogen-bond donors (Lipinski definition) is 1. The number of hydrogen-bond acceptors (Lipinski definition) is 3. The van der Waals surface area contributed by atoms with Gasteiger partial charge in [0.25, 0.3) is 0 Å². The van der Waals surface area contributed by atoms with Crippen LogP contribution in [0.3, 0.4) is 0 Å². The summed E-state index contributed by atoms with van der Waals surface area (Å²) in [5.74, 6) is 0.387. The van der Waals surface area contributed by atoms with E-state index in [1.807, 2.05) is 32.9 Å². The molecule has 1 aromatic heterocycles. The molecule has 0 fully saturated rings. The lowest BCUT2D eigenvalue weighted by Crippen LogP contribution is -2.10. The van der Waals surface area contributed by atoms with E-state index in [0.717, 1.165) is 17.0 Å². The molecule has 19 heavy (non-hydrogen) atoms. The fourth-order valence-electron chi connectivity index (χ4n) is 1.95. The van der Waals surface area contributed by atoms with E-state index in [2.05, 4.69) is 15.3 Å². The molecule has 0 aliphatic heterocycles. The number of nitrogens with one attached hydrogen (secondary N) is 1. The van der Waals surface area contributed by atoms with Crippen LogP contribution >= 0.6 is 0 Å². The zero-order valence-corrected chi connectivity index (χ0v) is 11.7. The first kappa shape index (κ1) is 13.5. The fraction of sp³-hybridized carbons (Fsp3) is 0.333. The van der Waals surface area contributed by atoms with Gasteiger partial charge in [0.15, 0.2) is 0 Å². The van der Waals surface area contributed by atoms with Gasteiger partial charge in [-0.3, -0.25) is 0 Å². The standard InChI is InChI=1S/C15H18FN3/c1-9-5-6-13(8-14(9)16)12(4)19-15-17-10(2)7-11(3)18-15/h5-8,12H,1-4H3,(H,17,18,19). The smallest absolute Gasteiger partial charge is 0.223 e. The summed E-state index contributed by atoms with van der Waals surface area (Å²) in [6.45, 7) is 7.57. The van der Waals surface area contributed by atoms with Gasteiger partial charge in [-0.1, -0.05) is 12.1 Å². The minimum absolute atomic E-state index is 0.0451. The fourth-order valence-corrected chi connectivity index (χ4v) is 1.95. The molecule has 1 N–H and O–H groups in total. The van der Waals surface area contributed by atoms with Gasteiger partial charge in [0.05, 0.1) is 6.04 Å². The molecule has 0 saturated carbocycles. The van der Waals surface area contributed by atoms with E-state index < -0.39 is 0 Å². The summed E-state index contributed by atoms with van der Waals surface area (Å²) in [6.07, 6.45) is 0. The second-order valence-corrected chi connectivity index (χ2v) is 4.85. The van der Waals surface area contributed by atoms with Crippen molar-refractivity contribution in [2.24, 2.45) is 0 Å². The average molecular weight is 259 g/mol. The first-order chi connectivity index (χ1) is 8.95. The lowest BCUT2D eigenvalue weighted by molar-refractivity contribution is 0.614. The molecule has 4 heteroatoms. The van der Waals surface area contributed by atoms with E-state index in [1.54, 1.807) is 19.1 Å². The lowest BCUT2D eigenvalue weighted by atomic mass is 10.1. The summed E-state index contributed by atoms with van der Waals surface area (Å²) in [6, 6.07) is 7.12. The maximum Gasteiger partial charge on any atom is 0.223 e. The highest BCUT2D eigenvalue weighted by Gasteiger charge is 2.09. The molecule has 100 valence electrons. The Labute approximate surface area is 112 Å². The molecule has 0 amide bonds. The van der Waals surface area contributed by atoms with Crippen molar-refractivity contribution in [3.05, 3.63) is 52.6 Å². The molecule has 1 atom stereocenters. The first-order valence-electron chi connectivity index (χ1n) is 6.30. The number of nitrogens with zero attached hydrogens (tertiary/aromatic N) is 2. The molecule has 3 nitrogen and oxygen atoms in total. The Bertz CT molecular complexity index is 576. The number of aryl methyl sites for hydroxylation is 3. The van der Waals surface area contributed by atoms with Crippen LogP contribution < -0.4 is 5.32 Å². The minimum Gasteiger partial charge on any atom is -0.348 e. The molecule has 0 aliphatic rings. The number of aromatic nitrogens is 2. The van der Waals surface area contributed by atoms with Gasteiger partial charge in [-0.05, 0) is 51.0 Å². The van der Waals surface area contributed by atoms with Crippen molar-refractivity contribution in [3.63, 3.8) is 0 Å². The van der Waals surface area contributed by atoms with E-state index in [9.17, 15) is 4.39 Å². The topological polar surface area (TPSA) is 37.8 Å². The predicted molar refractivity (Wildman–Crippen MR) is 74.7 cm³/mol. The SMILES string of the molecule is Cc1cc(C)nc(NC(C)c2ccc(C)c(F)c2)n1.